The highest BCUT2D eigenvalue weighted by Gasteiger charge is 2.36. The van der Waals surface area contributed by atoms with Crippen molar-refractivity contribution in [1.29, 1.82) is 0 Å². The number of halogens is 5. The fourth-order valence-electron chi connectivity index (χ4n) is 2.66. The molecule has 0 bridgehead atoms. The predicted molar refractivity (Wildman–Crippen MR) is 80.1 cm³/mol. The van der Waals surface area contributed by atoms with E-state index in [1.165, 1.54) is 11.9 Å². The maximum atomic E-state index is 13.7. The van der Waals surface area contributed by atoms with Crippen LogP contribution in [0.2, 0.25) is 0 Å². The topological polar surface area (TPSA) is 49.6 Å². The van der Waals surface area contributed by atoms with Crippen molar-refractivity contribution < 1.29 is 22.5 Å². The van der Waals surface area contributed by atoms with Gasteiger partial charge in [-0.25, -0.2) is 4.39 Å². The van der Waals surface area contributed by atoms with Crippen molar-refractivity contribution in [1.82, 2.24) is 4.90 Å². The van der Waals surface area contributed by atoms with Gasteiger partial charge in [0.15, 0.2) is 0 Å². The first-order valence-electron chi connectivity index (χ1n) is 6.74. The molecule has 2 rings (SSSR count). The molecular weight excluding hydrogens is 386 g/mol. The van der Waals surface area contributed by atoms with Crippen molar-refractivity contribution in [2.75, 3.05) is 31.6 Å². The number of benzene rings is 1. The molecule has 1 saturated heterocycles. The van der Waals surface area contributed by atoms with E-state index in [4.69, 9.17) is 0 Å². The lowest BCUT2D eigenvalue weighted by molar-refractivity contribution is -0.384. The number of rotatable bonds is 4. The summed E-state index contributed by atoms with van der Waals surface area (Å²) in [4.78, 5) is 13.2. The van der Waals surface area contributed by atoms with Crippen molar-refractivity contribution in [2.24, 2.45) is 0 Å². The Morgan fingerprint density at radius 3 is 2.70 bits per heavy atom. The molecule has 0 saturated carbocycles. The highest BCUT2D eigenvalue weighted by Crippen LogP contribution is 2.35. The smallest absolute Gasteiger partial charge is 0.364 e. The van der Waals surface area contributed by atoms with Gasteiger partial charge in [-0.15, -0.1) is 0 Å². The molecule has 1 aromatic carbocycles. The lowest BCUT2D eigenvalue weighted by atomic mass is 10.2. The molecule has 0 amide bonds. The molecule has 0 radical (unpaired) electrons. The number of hydrogen-bond acceptors (Lipinski definition) is 4. The number of nitrogens with zero attached hydrogens (tertiary/aromatic N) is 3. The van der Waals surface area contributed by atoms with Crippen molar-refractivity contribution in [2.45, 2.75) is 18.6 Å². The van der Waals surface area contributed by atoms with E-state index >= 15 is 0 Å². The summed E-state index contributed by atoms with van der Waals surface area (Å²) in [5.74, 6) is -0.655. The monoisotopic (exact) mass is 399 g/mol. The van der Waals surface area contributed by atoms with Gasteiger partial charge >= 0.3 is 6.18 Å². The van der Waals surface area contributed by atoms with E-state index in [1.807, 2.05) is 0 Å². The van der Waals surface area contributed by atoms with Crippen LogP contribution < -0.4 is 4.90 Å². The van der Waals surface area contributed by atoms with E-state index in [0.29, 0.717) is 13.0 Å². The number of nitro groups is 1. The van der Waals surface area contributed by atoms with Crippen LogP contribution in [0.25, 0.3) is 0 Å². The van der Waals surface area contributed by atoms with Crippen molar-refractivity contribution in [3.05, 3.63) is 32.5 Å². The Hall–Kier alpha value is -1.42. The molecule has 1 unspecified atom stereocenters. The molecule has 1 fully saturated rings. The zero-order chi connectivity index (χ0) is 17.4. The normalized spacial score (nSPS) is 18.7. The third-order valence-corrected chi connectivity index (χ3v) is 4.38. The fourth-order valence-corrected chi connectivity index (χ4v) is 2.99. The summed E-state index contributed by atoms with van der Waals surface area (Å²) in [7, 11) is 1.36. The standard InChI is InChI=1S/C13H14BrF4N3O2/c1-19(7-13(16,17)18)8-2-3-20(6-8)11-5-10(15)9(14)4-12(11)21(22)23/h4-5,8H,2-3,6-7H2,1H3. The van der Waals surface area contributed by atoms with Gasteiger partial charge in [-0.05, 0) is 29.4 Å². The zero-order valence-electron chi connectivity index (χ0n) is 12.1. The first-order valence-corrected chi connectivity index (χ1v) is 7.53. The molecule has 1 aromatic rings. The Morgan fingerprint density at radius 2 is 2.13 bits per heavy atom. The average molecular weight is 400 g/mol. The van der Waals surface area contributed by atoms with Crippen molar-refractivity contribution in [3.8, 4) is 0 Å². The van der Waals surface area contributed by atoms with E-state index in [2.05, 4.69) is 15.9 Å². The summed E-state index contributed by atoms with van der Waals surface area (Å²) >= 11 is 2.89. The molecule has 23 heavy (non-hydrogen) atoms. The van der Waals surface area contributed by atoms with E-state index in [-0.39, 0.29) is 22.4 Å². The molecule has 0 aliphatic carbocycles. The van der Waals surface area contributed by atoms with Gasteiger partial charge in [0.2, 0.25) is 0 Å². The lowest BCUT2D eigenvalue weighted by Crippen LogP contribution is -2.40. The largest absolute Gasteiger partial charge is 0.401 e. The van der Waals surface area contributed by atoms with Crippen LogP contribution in [-0.2, 0) is 0 Å². The highest BCUT2D eigenvalue weighted by molar-refractivity contribution is 9.10. The van der Waals surface area contributed by atoms with Crippen molar-refractivity contribution in [3.63, 3.8) is 0 Å². The van der Waals surface area contributed by atoms with Gasteiger partial charge in [0.05, 0.1) is 15.9 Å². The maximum absolute atomic E-state index is 13.7. The number of nitro benzene ring substituents is 1. The molecule has 10 heteroatoms. The summed E-state index contributed by atoms with van der Waals surface area (Å²) < 4.78 is 51.0. The van der Waals surface area contributed by atoms with Gasteiger partial charge in [0.25, 0.3) is 5.69 Å². The van der Waals surface area contributed by atoms with E-state index < -0.39 is 29.5 Å². The van der Waals surface area contributed by atoms with Gasteiger partial charge in [-0.3, -0.25) is 15.0 Å². The minimum absolute atomic E-state index is 0.0297. The van der Waals surface area contributed by atoms with Crippen LogP contribution in [0.15, 0.2) is 16.6 Å². The van der Waals surface area contributed by atoms with Crippen LogP contribution in [-0.4, -0.2) is 48.7 Å². The molecule has 1 aliphatic rings. The Bertz CT molecular complexity index is 612. The third kappa shape index (κ3) is 4.31. The number of likely N-dealkylation sites (N-methyl/N-ethyl adjacent to an activating group) is 1. The Labute approximate surface area is 138 Å². The molecule has 0 N–H and O–H groups in total. The molecule has 1 atom stereocenters. The minimum Gasteiger partial charge on any atom is -0.364 e. The summed E-state index contributed by atoms with van der Waals surface area (Å²) in [6.45, 7) is -0.550. The van der Waals surface area contributed by atoms with Gasteiger partial charge in [-0.1, -0.05) is 0 Å². The first-order chi connectivity index (χ1) is 10.6. The van der Waals surface area contributed by atoms with Crippen LogP contribution in [0.3, 0.4) is 0 Å². The van der Waals surface area contributed by atoms with Gasteiger partial charge in [-0.2, -0.15) is 13.2 Å². The van der Waals surface area contributed by atoms with Crippen LogP contribution in [0, 0.1) is 15.9 Å². The highest BCUT2D eigenvalue weighted by atomic mass is 79.9. The molecule has 1 aliphatic heterocycles. The maximum Gasteiger partial charge on any atom is 0.401 e. The summed E-state index contributed by atoms with van der Waals surface area (Å²) in [5.41, 5.74) is -0.198. The Morgan fingerprint density at radius 1 is 1.48 bits per heavy atom. The SMILES string of the molecule is CN(CC(F)(F)F)C1CCN(c2cc(F)c(Br)cc2[N+](=O)[O-])C1. The van der Waals surface area contributed by atoms with E-state index in [1.54, 1.807) is 4.90 Å². The quantitative estimate of drug-likeness (QED) is 0.441. The molecule has 128 valence electrons. The van der Waals surface area contributed by atoms with E-state index in [9.17, 15) is 27.7 Å². The Kier molecular flexibility index (Phi) is 5.14. The van der Waals surface area contributed by atoms with Crippen molar-refractivity contribution >= 4 is 27.3 Å². The molecule has 0 aromatic heterocycles. The number of anilines is 1. The minimum atomic E-state index is -4.31. The van der Waals surface area contributed by atoms with Crippen LogP contribution in [0.1, 0.15) is 6.42 Å². The summed E-state index contributed by atoms with van der Waals surface area (Å²) in [6, 6.07) is 1.70. The van der Waals surface area contributed by atoms with Crippen LogP contribution in [0.5, 0.6) is 0 Å². The molecule has 5 nitrogen and oxygen atoms in total. The molecular formula is C13H14BrF4N3O2. The first kappa shape index (κ1) is 17.9. The van der Waals surface area contributed by atoms with Crippen LogP contribution >= 0.6 is 15.9 Å². The second-order valence-corrected chi connectivity index (χ2v) is 6.29. The lowest BCUT2D eigenvalue weighted by Gasteiger charge is -2.26. The van der Waals surface area contributed by atoms with Gasteiger partial charge in [0.1, 0.15) is 11.5 Å². The molecule has 0 spiro atoms. The third-order valence-electron chi connectivity index (χ3n) is 3.77. The zero-order valence-corrected chi connectivity index (χ0v) is 13.7. The van der Waals surface area contributed by atoms with E-state index in [0.717, 1.165) is 12.1 Å². The number of alkyl halides is 3. The second-order valence-electron chi connectivity index (χ2n) is 5.43. The van der Waals surface area contributed by atoms with Gasteiger partial charge in [0, 0.05) is 31.3 Å². The summed E-state index contributed by atoms with van der Waals surface area (Å²) in [6.07, 6.45) is -3.89. The second kappa shape index (κ2) is 6.60. The predicted octanol–water partition coefficient (Wildman–Crippen LogP) is 3.57. The average Bonchev–Trinajstić information content (AvgIpc) is 2.88. The summed E-state index contributed by atoms with van der Waals surface area (Å²) in [5, 5.41) is 11.1. The van der Waals surface area contributed by atoms with Gasteiger partial charge < -0.3 is 4.90 Å². The Balaban J connectivity index is 2.19. The van der Waals surface area contributed by atoms with Crippen LogP contribution in [0.4, 0.5) is 28.9 Å². The number of hydrogen-bond donors (Lipinski definition) is 0. The molecule has 1 heterocycles. The fraction of sp³-hybridized carbons (Fsp3) is 0.538.